The summed E-state index contributed by atoms with van der Waals surface area (Å²) in [5.74, 6) is -0.417. The van der Waals surface area contributed by atoms with Crippen molar-refractivity contribution in [1.29, 1.82) is 0 Å². The Hall–Kier alpha value is -1.75. The molecule has 0 saturated heterocycles. The summed E-state index contributed by atoms with van der Waals surface area (Å²) < 4.78 is 4.97. The summed E-state index contributed by atoms with van der Waals surface area (Å²) in [5.41, 5.74) is 2.26. The average molecular weight is 221 g/mol. The van der Waals surface area contributed by atoms with E-state index < -0.39 is 5.76 Å². The quantitative estimate of drug-likeness (QED) is 0.662. The molecular weight excluding hydrogens is 206 g/mol. The van der Waals surface area contributed by atoms with Crippen LogP contribution in [0, 0.1) is 0 Å². The smallest absolute Gasteiger partial charge is 0.408 e. The van der Waals surface area contributed by atoms with Gasteiger partial charge in [-0.25, -0.2) is 4.79 Å². The van der Waals surface area contributed by atoms with E-state index in [9.17, 15) is 4.79 Å². The fraction of sp³-hybridized carbons (Fsp3) is 0.364. The predicted molar refractivity (Wildman–Crippen MR) is 63.9 cm³/mol. The highest BCUT2D eigenvalue weighted by Gasteiger charge is 2.01. The van der Waals surface area contributed by atoms with Gasteiger partial charge in [0.2, 0.25) is 0 Å². The largest absolute Gasteiger partial charge is 0.417 e. The van der Waals surface area contributed by atoms with E-state index in [2.05, 4.69) is 22.5 Å². The third-order valence-electron chi connectivity index (χ3n) is 2.30. The van der Waals surface area contributed by atoms with Crippen molar-refractivity contribution in [2.75, 3.05) is 25.0 Å². The lowest BCUT2D eigenvalue weighted by atomic mass is 10.3. The number of anilines is 1. The molecule has 1 heterocycles. The molecule has 0 spiro atoms. The highest BCUT2D eigenvalue weighted by molar-refractivity contribution is 5.76. The Labute approximate surface area is 92.8 Å². The van der Waals surface area contributed by atoms with Gasteiger partial charge in [-0.05, 0) is 18.7 Å². The zero-order chi connectivity index (χ0) is 11.4. The fourth-order valence-electron chi connectivity index (χ4n) is 1.53. The van der Waals surface area contributed by atoms with Gasteiger partial charge in [-0.2, -0.15) is 0 Å². The Morgan fingerprint density at radius 3 is 3.06 bits per heavy atom. The maximum atomic E-state index is 10.9. The first kappa shape index (κ1) is 10.8. The van der Waals surface area contributed by atoms with Crippen LogP contribution in [0.4, 0.5) is 5.69 Å². The average Bonchev–Trinajstić information content (AvgIpc) is 2.64. The van der Waals surface area contributed by atoms with Crippen LogP contribution in [-0.4, -0.2) is 24.6 Å². The van der Waals surface area contributed by atoms with Crippen LogP contribution in [-0.2, 0) is 0 Å². The number of fused-ring (bicyclic) bond motifs is 1. The Morgan fingerprint density at radius 2 is 2.25 bits per heavy atom. The van der Waals surface area contributed by atoms with Gasteiger partial charge in [-0.15, -0.1) is 0 Å². The number of likely N-dealkylation sites (N-methyl/N-ethyl adjacent to an activating group) is 1. The number of aromatic amines is 1. The molecule has 2 rings (SSSR count). The number of oxazole rings is 1. The van der Waals surface area contributed by atoms with Crippen molar-refractivity contribution >= 4 is 16.8 Å². The summed E-state index contributed by atoms with van der Waals surface area (Å²) in [6.45, 7) is 4.79. The van der Waals surface area contributed by atoms with Gasteiger partial charge < -0.3 is 15.1 Å². The predicted octanol–water partition coefficient (Wildman–Crippen LogP) is 1.14. The van der Waals surface area contributed by atoms with E-state index in [1.165, 1.54) is 0 Å². The third-order valence-corrected chi connectivity index (χ3v) is 2.30. The van der Waals surface area contributed by atoms with Gasteiger partial charge in [0, 0.05) is 24.8 Å². The Kier molecular flexibility index (Phi) is 3.26. The van der Waals surface area contributed by atoms with Gasteiger partial charge in [0.05, 0.1) is 5.52 Å². The standard InChI is InChI=1S/C11H15N3O2/c1-2-12-5-6-13-8-3-4-9-10(7-8)16-11(15)14-9/h3-4,7,12-13H,2,5-6H2,1H3,(H,14,15). The second kappa shape index (κ2) is 4.85. The van der Waals surface area contributed by atoms with Gasteiger partial charge in [0.1, 0.15) is 0 Å². The molecule has 1 aromatic carbocycles. The van der Waals surface area contributed by atoms with E-state index in [0.29, 0.717) is 5.58 Å². The number of H-pyrrole nitrogens is 1. The number of hydrogen-bond acceptors (Lipinski definition) is 4. The van der Waals surface area contributed by atoms with E-state index in [4.69, 9.17) is 4.42 Å². The van der Waals surface area contributed by atoms with Crippen molar-refractivity contribution in [3.05, 3.63) is 28.7 Å². The zero-order valence-corrected chi connectivity index (χ0v) is 9.17. The maximum Gasteiger partial charge on any atom is 0.417 e. The molecule has 0 aliphatic carbocycles. The molecule has 0 atom stereocenters. The van der Waals surface area contributed by atoms with Crippen LogP contribution in [0.3, 0.4) is 0 Å². The van der Waals surface area contributed by atoms with E-state index in [1.807, 2.05) is 18.2 Å². The molecule has 5 nitrogen and oxygen atoms in total. The minimum absolute atomic E-state index is 0.417. The minimum Gasteiger partial charge on any atom is -0.408 e. The summed E-state index contributed by atoms with van der Waals surface area (Å²) >= 11 is 0. The molecule has 0 saturated carbocycles. The van der Waals surface area contributed by atoms with Crippen molar-refractivity contribution in [3.8, 4) is 0 Å². The molecule has 0 unspecified atom stereocenters. The number of benzene rings is 1. The van der Waals surface area contributed by atoms with E-state index >= 15 is 0 Å². The van der Waals surface area contributed by atoms with Crippen molar-refractivity contribution in [3.63, 3.8) is 0 Å². The lowest BCUT2D eigenvalue weighted by molar-refractivity contribution is 0.555. The molecule has 0 fully saturated rings. The SMILES string of the molecule is CCNCCNc1ccc2[nH]c(=O)oc2c1. The minimum atomic E-state index is -0.417. The van der Waals surface area contributed by atoms with Crippen LogP contribution < -0.4 is 16.4 Å². The van der Waals surface area contributed by atoms with Crippen LogP contribution in [0.1, 0.15) is 6.92 Å². The molecular formula is C11H15N3O2. The van der Waals surface area contributed by atoms with Crippen molar-refractivity contribution in [1.82, 2.24) is 10.3 Å². The summed E-state index contributed by atoms with van der Waals surface area (Å²) in [7, 11) is 0. The molecule has 0 amide bonds. The monoisotopic (exact) mass is 221 g/mol. The first-order valence-electron chi connectivity index (χ1n) is 5.37. The van der Waals surface area contributed by atoms with E-state index in [1.54, 1.807) is 0 Å². The van der Waals surface area contributed by atoms with Gasteiger partial charge >= 0.3 is 5.76 Å². The second-order valence-corrected chi connectivity index (χ2v) is 3.51. The summed E-state index contributed by atoms with van der Waals surface area (Å²) in [6, 6.07) is 5.56. The van der Waals surface area contributed by atoms with Crippen molar-refractivity contribution in [2.45, 2.75) is 6.92 Å². The Balaban J connectivity index is 2.04. The lowest BCUT2D eigenvalue weighted by Gasteiger charge is -2.05. The third kappa shape index (κ3) is 2.43. The van der Waals surface area contributed by atoms with Gasteiger partial charge in [0.15, 0.2) is 5.58 Å². The maximum absolute atomic E-state index is 10.9. The summed E-state index contributed by atoms with van der Waals surface area (Å²) in [6.07, 6.45) is 0. The fourth-order valence-corrected chi connectivity index (χ4v) is 1.53. The first-order valence-corrected chi connectivity index (χ1v) is 5.37. The van der Waals surface area contributed by atoms with Gasteiger partial charge in [0.25, 0.3) is 0 Å². The Morgan fingerprint density at radius 1 is 1.38 bits per heavy atom. The molecule has 0 aliphatic rings. The molecule has 0 aliphatic heterocycles. The normalized spacial score (nSPS) is 10.8. The summed E-state index contributed by atoms with van der Waals surface area (Å²) in [5, 5.41) is 6.46. The molecule has 0 bridgehead atoms. The van der Waals surface area contributed by atoms with Crippen LogP contribution in [0.25, 0.3) is 11.1 Å². The van der Waals surface area contributed by atoms with Crippen LogP contribution in [0.5, 0.6) is 0 Å². The van der Waals surface area contributed by atoms with Crippen molar-refractivity contribution < 1.29 is 4.42 Å². The van der Waals surface area contributed by atoms with Crippen LogP contribution in [0.2, 0.25) is 0 Å². The molecule has 86 valence electrons. The molecule has 16 heavy (non-hydrogen) atoms. The number of hydrogen-bond donors (Lipinski definition) is 3. The summed E-state index contributed by atoms with van der Waals surface area (Å²) in [4.78, 5) is 13.5. The highest BCUT2D eigenvalue weighted by atomic mass is 16.4. The molecule has 5 heteroatoms. The number of nitrogens with one attached hydrogen (secondary N) is 3. The topological polar surface area (TPSA) is 70.1 Å². The van der Waals surface area contributed by atoms with Gasteiger partial charge in [-0.1, -0.05) is 6.92 Å². The molecule has 2 aromatic rings. The van der Waals surface area contributed by atoms with E-state index in [-0.39, 0.29) is 0 Å². The number of aromatic nitrogens is 1. The van der Waals surface area contributed by atoms with Gasteiger partial charge in [-0.3, -0.25) is 4.98 Å². The Bertz CT molecular complexity index is 515. The van der Waals surface area contributed by atoms with Crippen LogP contribution in [0.15, 0.2) is 27.4 Å². The molecule has 0 radical (unpaired) electrons. The first-order chi connectivity index (χ1) is 7.79. The number of rotatable bonds is 5. The van der Waals surface area contributed by atoms with E-state index in [0.717, 1.165) is 30.8 Å². The molecule has 1 aromatic heterocycles. The zero-order valence-electron chi connectivity index (χ0n) is 9.17. The van der Waals surface area contributed by atoms with Crippen LogP contribution >= 0.6 is 0 Å². The second-order valence-electron chi connectivity index (χ2n) is 3.51. The molecule has 3 N–H and O–H groups in total. The lowest BCUT2D eigenvalue weighted by Crippen LogP contribution is -2.21. The highest BCUT2D eigenvalue weighted by Crippen LogP contribution is 2.15. The van der Waals surface area contributed by atoms with Crippen molar-refractivity contribution in [2.24, 2.45) is 0 Å².